The van der Waals surface area contributed by atoms with Crippen molar-refractivity contribution in [2.75, 3.05) is 26.2 Å². The molecule has 0 aromatic heterocycles. The van der Waals surface area contributed by atoms with E-state index in [1.165, 1.54) is 0 Å². The van der Waals surface area contributed by atoms with Gasteiger partial charge in [-0.25, -0.2) is 0 Å². The standard InChI is InChI=1S/C16H26N2O/c1-13-5-4-8-16(2,3)14(13)6-7-15(19)18-11-9-17-10-12-18/h6-7,17H,4-5,8-12H2,1-3H3/i5D2. The molecule has 1 aliphatic carbocycles. The van der Waals surface area contributed by atoms with Gasteiger partial charge in [-0.15, -0.1) is 0 Å². The molecular formula is C16H26N2O. The fourth-order valence-electron chi connectivity index (χ4n) is 2.80. The topological polar surface area (TPSA) is 32.3 Å². The molecule has 1 aliphatic heterocycles. The highest BCUT2D eigenvalue weighted by molar-refractivity contribution is 5.88. The van der Waals surface area contributed by atoms with E-state index in [0.29, 0.717) is 6.42 Å². The normalized spacial score (nSPS) is 28.3. The zero-order chi connectivity index (χ0) is 15.7. The Kier molecular flexibility index (Phi) is 3.64. The number of nitrogens with one attached hydrogen (secondary N) is 1. The molecule has 1 fully saturated rings. The van der Waals surface area contributed by atoms with E-state index in [0.717, 1.165) is 43.7 Å². The van der Waals surface area contributed by atoms with Crippen LogP contribution in [0, 0.1) is 5.41 Å². The van der Waals surface area contributed by atoms with Gasteiger partial charge < -0.3 is 10.2 Å². The van der Waals surface area contributed by atoms with E-state index in [1.807, 2.05) is 17.9 Å². The first-order chi connectivity index (χ1) is 9.74. The molecule has 0 unspecified atom stereocenters. The maximum atomic E-state index is 12.2. The number of piperazine rings is 1. The van der Waals surface area contributed by atoms with E-state index in [2.05, 4.69) is 19.2 Å². The van der Waals surface area contributed by atoms with Crippen LogP contribution in [0.3, 0.4) is 0 Å². The van der Waals surface area contributed by atoms with Gasteiger partial charge in [0.15, 0.2) is 0 Å². The molecule has 1 N–H and O–H groups in total. The minimum absolute atomic E-state index is 0.0266. The molecule has 1 amide bonds. The average Bonchev–Trinajstić information content (AvgIpc) is 2.44. The molecule has 1 heterocycles. The molecule has 1 saturated heterocycles. The van der Waals surface area contributed by atoms with Gasteiger partial charge in [0.25, 0.3) is 0 Å². The monoisotopic (exact) mass is 264 g/mol. The van der Waals surface area contributed by atoms with Gasteiger partial charge in [0.1, 0.15) is 0 Å². The summed E-state index contributed by atoms with van der Waals surface area (Å²) in [5.74, 6) is 0.0266. The van der Waals surface area contributed by atoms with Crippen LogP contribution in [0.2, 0.25) is 0 Å². The predicted molar refractivity (Wildman–Crippen MR) is 78.9 cm³/mol. The molecule has 3 nitrogen and oxygen atoms in total. The number of nitrogens with zero attached hydrogens (tertiary/aromatic N) is 1. The zero-order valence-electron chi connectivity index (χ0n) is 14.3. The smallest absolute Gasteiger partial charge is 0.246 e. The van der Waals surface area contributed by atoms with Crippen molar-refractivity contribution in [3.8, 4) is 0 Å². The Hall–Kier alpha value is -1.09. The van der Waals surface area contributed by atoms with Gasteiger partial charge in [0.2, 0.25) is 5.91 Å². The highest BCUT2D eigenvalue weighted by Crippen LogP contribution is 2.40. The zero-order valence-corrected chi connectivity index (χ0v) is 12.3. The van der Waals surface area contributed by atoms with Crippen molar-refractivity contribution < 1.29 is 7.54 Å². The van der Waals surface area contributed by atoms with Crippen molar-refractivity contribution in [1.29, 1.82) is 0 Å². The Bertz CT molecular complexity index is 475. The SMILES string of the molecule is [2H]C1([2H])CCC(C)(C)C(C=CC(=O)N2CCNCC2)=C1C. The van der Waals surface area contributed by atoms with Crippen LogP contribution < -0.4 is 5.32 Å². The predicted octanol–water partition coefficient (Wildman–Crippen LogP) is 2.50. The van der Waals surface area contributed by atoms with Gasteiger partial charge in [-0.05, 0) is 37.1 Å². The number of carbonyl (C=O) groups excluding carboxylic acids is 1. The molecule has 0 saturated carbocycles. The molecule has 106 valence electrons. The summed E-state index contributed by atoms with van der Waals surface area (Å²) in [6, 6.07) is 0. The number of carbonyl (C=O) groups is 1. The summed E-state index contributed by atoms with van der Waals surface area (Å²) < 4.78 is 16.2. The summed E-state index contributed by atoms with van der Waals surface area (Å²) in [6.45, 7) is 9.28. The lowest BCUT2D eigenvalue weighted by molar-refractivity contribution is -0.126. The summed E-state index contributed by atoms with van der Waals surface area (Å²) in [5, 5.41) is 3.23. The van der Waals surface area contributed by atoms with Crippen LogP contribution in [0.15, 0.2) is 23.3 Å². The van der Waals surface area contributed by atoms with E-state index in [9.17, 15) is 4.79 Å². The van der Waals surface area contributed by atoms with Crippen LogP contribution in [-0.4, -0.2) is 37.0 Å². The number of hydrogen-bond acceptors (Lipinski definition) is 2. The van der Waals surface area contributed by atoms with Crippen molar-refractivity contribution in [3.05, 3.63) is 23.3 Å². The first-order valence-corrected chi connectivity index (χ1v) is 7.14. The van der Waals surface area contributed by atoms with Crippen molar-refractivity contribution in [2.45, 2.75) is 40.0 Å². The minimum Gasteiger partial charge on any atom is -0.337 e. The summed E-state index contributed by atoms with van der Waals surface area (Å²) in [7, 11) is 0. The number of rotatable bonds is 2. The lowest BCUT2D eigenvalue weighted by Crippen LogP contribution is -2.45. The molecule has 0 radical (unpaired) electrons. The van der Waals surface area contributed by atoms with Crippen molar-refractivity contribution >= 4 is 5.91 Å². The van der Waals surface area contributed by atoms with Gasteiger partial charge in [0, 0.05) is 35.0 Å². The quantitative estimate of drug-likeness (QED) is 0.777. The van der Waals surface area contributed by atoms with Crippen molar-refractivity contribution in [1.82, 2.24) is 10.2 Å². The number of allylic oxidation sites excluding steroid dienone is 3. The summed E-state index contributed by atoms with van der Waals surface area (Å²) >= 11 is 0. The summed E-state index contributed by atoms with van der Waals surface area (Å²) in [5.41, 5.74) is 1.67. The Balaban J connectivity index is 2.18. The second kappa shape index (κ2) is 5.91. The summed E-state index contributed by atoms with van der Waals surface area (Å²) in [6.07, 6.45) is 3.56. The van der Waals surface area contributed by atoms with Gasteiger partial charge in [-0.2, -0.15) is 0 Å². The first kappa shape index (κ1) is 11.7. The molecule has 0 bridgehead atoms. The highest BCUT2D eigenvalue weighted by atomic mass is 16.2. The maximum absolute atomic E-state index is 12.2. The van der Waals surface area contributed by atoms with E-state index in [4.69, 9.17) is 2.74 Å². The molecule has 0 atom stereocenters. The second-order valence-corrected chi connectivity index (χ2v) is 6.01. The highest BCUT2D eigenvalue weighted by Gasteiger charge is 2.26. The van der Waals surface area contributed by atoms with E-state index < -0.39 is 6.37 Å². The molecule has 2 aliphatic rings. The molecule has 0 spiro atoms. The fourth-order valence-corrected chi connectivity index (χ4v) is 2.80. The van der Waals surface area contributed by atoms with Crippen LogP contribution in [0.25, 0.3) is 0 Å². The third-order valence-electron chi connectivity index (χ3n) is 4.09. The van der Waals surface area contributed by atoms with Gasteiger partial charge in [-0.3, -0.25) is 4.79 Å². The van der Waals surface area contributed by atoms with Gasteiger partial charge in [0.05, 0.1) is 0 Å². The van der Waals surface area contributed by atoms with Gasteiger partial charge >= 0.3 is 0 Å². The lowest BCUT2D eigenvalue weighted by Gasteiger charge is -2.33. The Labute approximate surface area is 119 Å². The Morgan fingerprint density at radius 3 is 2.79 bits per heavy atom. The molecule has 19 heavy (non-hydrogen) atoms. The van der Waals surface area contributed by atoms with Crippen LogP contribution in [0.4, 0.5) is 0 Å². The van der Waals surface area contributed by atoms with Crippen LogP contribution in [0.1, 0.15) is 42.7 Å². The average molecular weight is 264 g/mol. The largest absolute Gasteiger partial charge is 0.337 e. The molecular weight excluding hydrogens is 236 g/mol. The van der Waals surface area contributed by atoms with Crippen molar-refractivity contribution in [2.24, 2.45) is 5.41 Å². The molecule has 0 aromatic rings. The second-order valence-electron chi connectivity index (χ2n) is 6.01. The van der Waals surface area contributed by atoms with E-state index in [1.54, 1.807) is 6.08 Å². The molecule has 3 heteroatoms. The van der Waals surface area contributed by atoms with Gasteiger partial charge in [-0.1, -0.05) is 25.5 Å². The fraction of sp³-hybridized carbons (Fsp3) is 0.688. The van der Waals surface area contributed by atoms with Crippen LogP contribution in [0.5, 0.6) is 0 Å². The van der Waals surface area contributed by atoms with Crippen LogP contribution in [-0.2, 0) is 4.79 Å². The third-order valence-corrected chi connectivity index (χ3v) is 4.09. The van der Waals surface area contributed by atoms with E-state index in [-0.39, 0.29) is 11.3 Å². The lowest BCUT2D eigenvalue weighted by atomic mass is 9.72. The maximum Gasteiger partial charge on any atom is 0.246 e. The minimum atomic E-state index is -1.26. The third kappa shape index (κ3) is 3.47. The number of amides is 1. The molecule has 0 aromatic carbocycles. The van der Waals surface area contributed by atoms with Crippen molar-refractivity contribution in [3.63, 3.8) is 0 Å². The van der Waals surface area contributed by atoms with E-state index >= 15 is 0 Å². The molecule has 2 rings (SSSR count). The number of hydrogen-bond donors (Lipinski definition) is 1. The van der Waals surface area contributed by atoms with Crippen LogP contribution >= 0.6 is 0 Å². The Morgan fingerprint density at radius 1 is 1.42 bits per heavy atom. The Morgan fingerprint density at radius 2 is 2.11 bits per heavy atom. The first-order valence-electron chi connectivity index (χ1n) is 8.14. The summed E-state index contributed by atoms with van der Waals surface area (Å²) in [4.78, 5) is 14.1.